The van der Waals surface area contributed by atoms with E-state index in [1.54, 1.807) is 0 Å². The van der Waals surface area contributed by atoms with Gasteiger partial charge in [0.2, 0.25) is 0 Å². The Hall–Kier alpha value is -0.870. The van der Waals surface area contributed by atoms with Gasteiger partial charge in [-0.3, -0.25) is 0 Å². The van der Waals surface area contributed by atoms with Crippen molar-refractivity contribution in [1.82, 2.24) is 0 Å². The summed E-state index contributed by atoms with van der Waals surface area (Å²) in [6.07, 6.45) is 4.44. The number of allylic oxidation sites excluding steroid dienone is 4. The Kier molecular flexibility index (Phi) is 4.36. The fourth-order valence-electron chi connectivity index (χ4n) is 2.93. The Morgan fingerprint density at radius 1 is 0.905 bits per heavy atom. The zero-order valence-electron chi connectivity index (χ0n) is 11.8. The van der Waals surface area contributed by atoms with Crippen LogP contribution in [0.2, 0.25) is 0 Å². The van der Waals surface area contributed by atoms with Gasteiger partial charge in [0.25, 0.3) is 0 Å². The first kappa shape index (κ1) is 15.0. The van der Waals surface area contributed by atoms with Crippen LogP contribution in [0.5, 0.6) is 0 Å². The van der Waals surface area contributed by atoms with Crippen LogP contribution in [0.1, 0.15) is 18.1 Å². The Balaban J connectivity index is 2.20. The molecule has 2 aromatic rings. The molecule has 0 saturated carbocycles. The van der Waals surface area contributed by atoms with Gasteiger partial charge in [-0.15, -0.1) is 0 Å². The summed E-state index contributed by atoms with van der Waals surface area (Å²) in [5, 5.41) is 0. The summed E-state index contributed by atoms with van der Waals surface area (Å²) in [5.74, 6) is 0. The fourth-order valence-corrected chi connectivity index (χ4v) is 4.43. The summed E-state index contributed by atoms with van der Waals surface area (Å²) in [6, 6.07) is 21.5. The van der Waals surface area contributed by atoms with Crippen molar-refractivity contribution < 1.29 is 0 Å². The zero-order chi connectivity index (χ0) is 14.9. The van der Waals surface area contributed by atoms with Crippen molar-refractivity contribution in [3.8, 4) is 0 Å². The topological polar surface area (TPSA) is 0 Å². The molecule has 2 heteroatoms. The van der Waals surface area contributed by atoms with E-state index in [1.807, 2.05) is 0 Å². The molecule has 2 aromatic carbocycles. The minimum atomic E-state index is -0.0449. The smallest absolute Gasteiger partial charge is 0.0560 e. The third-order valence-electron chi connectivity index (χ3n) is 4.18. The van der Waals surface area contributed by atoms with E-state index in [4.69, 9.17) is 0 Å². The minimum absolute atomic E-state index is 0.0449. The maximum absolute atomic E-state index is 3.74. The highest BCUT2D eigenvalue weighted by Crippen LogP contribution is 2.50. The molecule has 106 valence electrons. The van der Waals surface area contributed by atoms with Gasteiger partial charge in [0.1, 0.15) is 0 Å². The molecule has 1 aliphatic rings. The average Bonchev–Trinajstić information content (AvgIpc) is 2.54. The summed E-state index contributed by atoms with van der Waals surface area (Å²) in [7, 11) is 0. The fraction of sp³-hybridized carbons (Fsp3) is 0.158. The van der Waals surface area contributed by atoms with Crippen LogP contribution in [0, 0.1) is 0 Å². The van der Waals surface area contributed by atoms with Crippen molar-refractivity contribution in [2.45, 2.75) is 16.3 Å². The summed E-state index contributed by atoms with van der Waals surface area (Å²) < 4.78 is 1.62. The van der Waals surface area contributed by atoms with E-state index in [1.165, 1.54) is 21.2 Å². The monoisotopic (exact) mass is 450 g/mol. The van der Waals surface area contributed by atoms with E-state index in [2.05, 4.69) is 118 Å². The highest BCUT2D eigenvalue weighted by Gasteiger charge is 2.41. The normalized spacial score (nSPS) is 25.2. The van der Waals surface area contributed by atoms with Gasteiger partial charge in [-0.2, -0.15) is 0 Å². The van der Waals surface area contributed by atoms with E-state index in [9.17, 15) is 0 Å². The van der Waals surface area contributed by atoms with Gasteiger partial charge < -0.3 is 0 Å². The van der Waals surface area contributed by atoms with Crippen LogP contribution in [0.15, 0.2) is 77.3 Å². The average molecular weight is 451 g/mol. The van der Waals surface area contributed by atoms with Gasteiger partial charge in [0, 0.05) is 9.90 Å². The third kappa shape index (κ3) is 2.64. The van der Waals surface area contributed by atoms with Crippen LogP contribution in [0.3, 0.4) is 0 Å². The number of halogens is 2. The molecular weight excluding hydrogens is 435 g/mol. The van der Waals surface area contributed by atoms with Gasteiger partial charge in [-0.25, -0.2) is 0 Å². The molecule has 0 spiro atoms. The lowest BCUT2D eigenvalue weighted by Gasteiger charge is -2.40. The van der Waals surface area contributed by atoms with Gasteiger partial charge in [-0.1, -0.05) is 118 Å². The standard InChI is InChI=1S/C19H16BrI/c1-19(15-10-6-3-7-11-15)16(12-13-17(20)18(19)21)14-8-4-2-5-9-14/h2-13,18H,1H3. The Labute approximate surface area is 148 Å². The van der Waals surface area contributed by atoms with E-state index in [0.717, 1.165) is 0 Å². The van der Waals surface area contributed by atoms with Crippen LogP contribution in [0.25, 0.3) is 5.57 Å². The minimum Gasteiger partial charge on any atom is -0.0755 e. The molecule has 0 radical (unpaired) electrons. The molecule has 0 heterocycles. The first-order valence-corrected chi connectivity index (χ1v) is 9.01. The van der Waals surface area contributed by atoms with E-state index < -0.39 is 0 Å². The molecule has 0 amide bonds. The molecule has 1 aliphatic carbocycles. The molecular formula is C19H16BrI. The van der Waals surface area contributed by atoms with Crippen molar-refractivity contribution in [3.05, 3.63) is 88.4 Å². The van der Waals surface area contributed by atoms with Gasteiger partial charge in [0.05, 0.1) is 3.92 Å². The van der Waals surface area contributed by atoms with Crippen LogP contribution in [-0.4, -0.2) is 3.92 Å². The van der Waals surface area contributed by atoms with Crippen molar-refractivity contribution in [3.63, 3.8) is 0 Å². The molecule has 0 aromatic heterocycles. The molecule has 0 N–H and O–H groups in total. The maximum Gasteiger partial charge on any atom is 0.0560 e. The second-order valence-electron chi connectivity index (χ2n) is 5.43. The maximum atomic E-state index is 3.74. The molecule has 0 bridgehead atoms. The number of rotatable bonds is 2. The molecule has 21 heavy (non-hydrogen) atoms. The molecule has 2 atom stereocenters. The molecule has 0 nitrogen and oxygen atoms in total. The Morgan fingerprint density at radius 3 is 2.10 bits per heavy atom. The van der Waals surface area contributed by atoms with Crippen LogP contribution in [-0.2, 0) is 5.41 Å². The summed E-state index contributed by atoms with van der Waals surface area (Å²) in [6.45, 7) is 2.34. The molecule has 2 unspecified atom stereocenters. The van der Waals surface area contributed by atoms with Crippen LogP contribution >= 0.6 is 38.5 Å². The largest absolute Gasteiger partial charge is 0.0755 e. The lowest BCUT2D eigenvalue weighted by atomic mass is 9.69. The predicted octanol–water partition coefficient (Wildman–Crippen LogP) is 6.12. The van der Waals surface area contributed by atoms with Crippen LogP contribution in [0.4, 0.5) is 0 Å². The number of benzene rings is 2. The highest BCUT2D eigenvalue weighted by molar-refractivity contribution is 14.1. The Morgan fingerprint density at radius 2 is 1.48 bits per heavy atom. The lowest BCUT2D eigenvalue weighted by molar-refractivity contribution is 0.647. The quantitative estimate of drug-likeness (QED) is 0.381. The first-order chi connectivity index (χ1) is 10.1. The van der Waals surface area contributed by atoms with Gasteiger partial charge >= 0.3 is 0 Å². The van der Waals surface area contributed by atoms with Crippen molar-refractivity contribution in [1.29, 1.82) is 0 Å². The van der Waals surface area contributed by atoms with Gasteiger partial charge in [-0.05, 0) is 16.7 Å². The molecule has 0 saturated heterocycles. The zero-order valence-corrected chi connectivity index (χ0v) is 15.5. The van der Waals surface area contributed by atoms with E-state index >= 15 is 0 Å². The summed E-state index contributed by atoms with van der Waals surface area (Å²) in [4.78, 5) is 0. The third-order valence-corrected chi connectivity index (χ3v) is 7.67. The second kappa shape index (κ2) is 6.09. The Bertz CT molecular complexity index is 688. The van der Waals surface area contributed by atoms with E-state index in [-0.39, 0.29) is 5.41 Å². The SMILES string of the molecule is CC1(c2ccccc2)C(c2ccccc2)=CC=C(Br)C1I. The van der Waals surface area contributed by atoms with Gasteiger partial charge in [0.15, 0.2) is 0 Å². The van der Waals surface area contributed by atoms with Crippen molar-refractivity contribution >= 4 is 44.1 Å². The summed E-state index contributed by atoms with van der Waals surface area (Å²) >= 11 is 6.29. The highest BCUT2D eigenvalue weighted by atomic mass is 127. The predicted molar refractivity (Wildman–Crippen MR) is 103 cm³/mol. The van der Waals surface area contributed by atoms with Crippen molar-refractivity contribution in [2.24, 2.45) is 0 Å². The second-order valence-corrected chi connectivity index (χ2v) is 7.59. The summed E-state index contributed by atoms with van der Waals surface area (Å²) in [5.41, 5.74) is 3.97. The number of alkyl halides is 1. The lowest BCUT2D eigenvalue weighted by Crippen LogP contribution is -2.36. The van der Waals surface area contributed by atoms with E-state index in [0.29, 0.717) is 3.92 Å². The first-order valence-electron chi connectivity index (χ1n) is 6.97. The molecule has 0 aliphatic heterocycles. The van der Waals surface area contributed by atoms with Crippen LogP contribution < -0.4 is 0 Å². The number of hydrogen-bond donors (Lipinski definition) is 0. The number of hydrogen-bond acceptors (Lipinski definition) is 0. The van der Waals surface area contributed by atoms with Crippen molar-refractivity contribution in [2.75, 3.05) is 0 Å². The molecule has 0 fully saturated rings. The molecule has 3 rings (SSSR count).